The molecule has 0 fully saturated rings. The molecule has 11 rings (SSSR count). The van der Waals surface area contributed by atoms with E-state index in [9.17, 15) is 8.22 Å². The molecule has 2 heteroatoms. The van der Waals surface area contributed by atoms with E-state index in [1.54, 1.807) is 24.3 Å². The first-order valence-corrected chi connectivity index (χ1v) is 16.4. The molecule has 0 unspecified atom stereocenters. The van der Waals surface area contributed by atoms with Crippen molar-refractivity contribution in [1.82, 2.24) is 4.57 Å². The van der Waals surface area contributed by atoms with Gasteiger partial charge in [-0.3, -0.25) is 0 Å². The van der Waals surface area contributed by atoms with E-state index in [0.717, 1.165) is 38.6 Å². The van der Waals surface area contributed by atoms with Gasteiger partial charge in [0.05, 0.1) is 37.0 Å². The molecule has 51 heavy (non-hydrogen) atoms. The summed E-state index contributed by atoms with van der Waals surface area (Å²) in [6.07, 6.45) is 0. The molecular weight excluding hydrogens is 619 g/mol. The number of hydrogen-bond acceptors (Lipinski definition) is 1. The van der Waals surface area contributed by atoms with E-state index < -0.39 is 124 Å². The van der Waals surface area contributed by atoms with Crippen molar-refractivity contribution in [3.63, 3.8) is 0 Å². The minimum absolute atomic E-state index is 0.129. The quantitative estimate of drug-likeness (QED) is 0.183. The molecule has 0 amide bonds. The summed E-state index contributed by atoms with van der Waals surface area (Å²) in [7, 11) is 0. The molecule has 1 aliphatic heterocycles. The Labute approximate surface area is 317 Å². The maximum absolute atomic E-state index is 10.1. The normalized spacial score (nSPS) is 17.5. The number of benzene rings is 8. The Morgan fingerprint density at radius 3 is 1.80 bits per heavy atom. The number of para-hydroxylation sites is 3. The summed E-state index contributed by atoms with van der Waals surface area (Å²) in [5.41, 5.74) is -0.0228. The van der Waals surface area contributed by atoms with Gasteiger partial charge in [-0.05, 0) is 93.0 Å². The van der Waals surface area contributed by atoms with Crippen LogP contribution >= 0.6 is 0 Å². The van der Waals surface area contributed by atoms with Crippen molar-refractivity contribution in [2.24, 2.45) is 0 Å². The van der Waals surface area contributed by atoms with Crippen molar-refractivity contribution >= 4 is 21.8 Å². The van der Waals surface area contributed by atoms with Gasteiger partial charge in [-0.1, -0.05) is 139 Å². The molecule has 0 bridgehead atoms. The number of rotatable bonds is 3. The van der Waals surface area contributed by atoms with Crippen LogP contribution in [0.4, 0.5) is 0 Å². The van der Waals surface area contributed by atoms with Gasteiger partial charge in [0.15, 0.2) is 0 Å². The molecule has 0 radical (unpaired) electrons. The lowest BCUT2D eigenvalue weighted by molar-refractivity contribution is 0.436. The van der Waals surface area contributed by atoms with Crippen LogP contribution in [0.3, 0.4) is 0 Å². The average Bonchev–Trinajstić information content (AvgIpc) is 3.82. The molecule has 1 aromatic heterocycles. The maximum Gasteiger partial charge on any atom is 0.132 e. The first-order valence-electron chi connectivity index (χ1n) is 23.9. The van der Waals surface area contributed by atoms with Crippen LogP contribution in [0.25, 0.3) is 60.9 Å². The molecule has 2 nitrogen and oxygen atoms in total. The predicted molar refractivity (Wildman–Crippen MR) is 209 cm³/mol. The first-order chi connectivity index (χ1) is 31.5. The smallest absolute Gasteiger partial charge is 0.132 e. The number of aromatic nitrogens is 1. The fraction of sp³-hybridized carbons (Fsp3) is 0.0204. The summed E-state index contributed by atoms with van der Waals surface area (Å²) in [6.45, 7) is 0. The van der Waals surface area contributed by atoms with Crippen molar-refractivity contribution in [3.05, 3.63) is 210 Å². The monoisotopic (exact) mass is 664 g/mol. The first kappa shape index (κ1) is 17.3. The highest BCUT2D eigenvalue weighted by Gasteiger charge is 2.50. The third-order valence-electron chi connectivity index (χ3n) is 9.95. The fourth-order valence-electron chi connectivity index (χ4n) is 7.77. The van der Waals surface area contributed by atoms with Gasteiger partial charge >= 0.3 is 0 Å². The third-order valence-corrected chi connectivity index (χ3v) is 9.95. The van der Waals surface area contributed by atoms with Gasteiger partial charge in [-0.15, -0.1) is 0 Å². The maximum atomic E-state index is 10.1. The molecule has 9 aromatic rings. The molecule has 2 aliphatic rings. The Balaban J connectivity index is 1.19. The van der Waals surface area contributed by atoms with E-state index in [-0.39, 0.29) is 27.8 Å². The average molecular weight is 665 g/mol. The van der Waals surface area contributed by atoms with Gasteiger partial charge in [-0.2, -0.15) is 0 Å². The topological polar surface area (TPSA) is 14.2 Å². The number of ether oxygens (including phenoxy) is 1. The van der Waals surface area contributed by atoms with Crippen molar-refractivity contribution in [1.29, 1.82) is 0 Å². The fourth-order valence-corrected chi connectivity index (χ4v) is 7.77. The minimum Gasteiger partial charge on any atom is -0.457 e. The second-order valence-corrected chi connectivity index (χ2v) is 12.5. The van der Waals surface area contributed by atoms with Gasteiger partial charge in [0.1, 0.15) is 11.5 Å². The number of hydrogen-bond donors (Lipinski definition) is 0. The van der Waals surface area contributed by atoms with E-state index in [1.165, 1.54) is 0 Å². The minimum atomic E-state index is -2.53. The molecule has 0 atom stereocenters. The summed E-state index contributed by atoms with van der Waals surface area (Å²) in [6, 6.07) is 20.8. The zero-order valence-electron chi connectivity index (χ0n) is 41.6. The van der Waals surface area contributed by atoms with E-state index in [1.807, 2.05) is 36.4 Å². The lowest BCUT2D eigenvalue weighted by Gasteiger charge is -2.39. The number of nitrogens with zero attached hydrogens (tertiary/aromatic N) is 1. The Bertz CT molecular complexity index is 3610. The van der Waals surface area contributed by atoms with Crippen molar-refractivity contribution in [2.75, 3.05) is 0 Å². The van der Waals surface area contributed by atoms with Gasteiger partial charge in [-0.25, -0.2) is 0 Å². The van der Waals surface area contributed by atoms with Gasteiger partial charge in [0.25, 0.3) is 0 Å². The Hall–Kier alpha value is -6.64. The molecule has 8 aromatic carbocycles. The summed E-state index contributed by atoms with van der Waals surface area (Å²) >= 11 is 0. The van der Waals surface area contributed by atoms with Crippen molar-refractivity contribution < 1.29 is 25.3 Å². The second kappa shape index (κ2) is 10.7. The zero-order chi connectivity index (χ0) is 46.6. The van der Waals surface area contributed by atoms with Gasteiger partial charge < -0.3 is 9.30 Å². The van der Waals surface area contributed by atoms with E-state index in [4.69, 9.17) is 17.1 Å². The summed E-state index contributed by atoms with van der Waals surface area (Å²) < 4.78 is 145. The Kier molecular flexibility index (Phi) is 3.63. The van der Waals surface area contributed by atoms with Gasteiger partial charge in [0.2, 0.25) is 0 Å². The van der Waals surface area contributed by atoms with Crippen molar-refractivity contribution in [2.45, 2.75) is 5.41 Å². The molecule has 0 saturated heterocycles. The lowest BCUT2D eigenvalue weighted by atomic mass is 9.66. The molecule has 0 saturated carbocycles. The SMILES string of the molecule is [2H]c1c([2H])c([2H])c2c(c1[2H])Oc1c([2H])c([2H])c(-c3ccc(-c4ccc5c(c4)c4ccccc4n5-c4ccccc4)cc3)c([2H])c1C21c2c([2H])c([2H])c([2H])c([2H])c2-c2c([2H])c([2H])c([2H])c([2H])c21. The number of fused-ring (bicyclic) bond motifs is 12. The van der Waals surface area contributed by atoms with Crippen LogP contribution in [-0.2, 0) is 5.41 Å². The highest BCUT2D eigenvalue weighted by molar-refractivity contribution is 6.10. The van der Waals surface area contributed by atoms with Crippen LogP contribution in [0.2, 0.25) is 0 Å². The van der Waals surface area contributed by atoms with E-state index >= 15 is 0 Å². The molecule has 1 spiro atoms. The summed E-state index contributed by atoms with van der Waals surface area (Å²) in [4.78, 5) is 0. The molecule has 238 valence electrons. The van der Waals surface area contributed by atoms with Crippen LogP contribution in [0.5, 0.6) is 11.5 Å². The summed E-state index contributed by atoms with van der Waals surface area (Å²) in [5.74, 6) is -1.12. The second-order valence-electron chi connectivity index (χ2n) is 12.5. The zero-order valence-corrected chi connectivity index (χ0v) is 26.6. The van der Waals surface area contributed by atoms with Crippen LogP contribution in [0.1, 0.15) is 42.8 Å². The van der Waals surface area contributed by atoms with Crippen LogP contribution in [0, 0.1) is 0 Å². The molecule has 1 aliphatic carbocycles. The molecular formula is C49H31NO. The molecule has 0 N–H and O–H groups in total. The third kappa shape index (κ3) is 3.93. The van der Waals surface area contributed by atoms with E-state index in [2.05, 4.69) is 41.0 Å². The van der Waals surface area contributed by atoms with Gasteiger partial charge in [0, 0.05) is 27.6 Å². The highest BCUT2D eigenvalue weighted by atomic mass is 16.5. The van der Waals surface area contributed by atoms with Crippen molar-refractivity contribution in [3.8, 4) is 50.6 Å². The van der Waals surface area contributed by atoms with Crippen LogP contribution in [-0.4, -0.2) is 4.57 Å². The Morgan fingerprint density at radius 1 is 0.451 bits per heavy atom. The summed E-state index contributed by atoms with van der Waals surface area (Å²) in [5, 5.41) is 2.07. The standard InChI is InChI=1S/C49H31NO/c1-2-12-36(13-3-1)50-45-20-10-6-16-39(45)40-30-34(26-28-46(40)50)32-22-24-33(25-23-32)35-27-29-48-44(31-35)49(43-19-9-11-21-47(43)51-48)41-17-7-4-14-37(41)38-15-5-8-18-42(38)49/h1-31H/i4D,5D,7D,8D,9D,11D,14D,15D,17D,18D,19D,21D,27D,29D,31D. The van der Waals surface area contributed by atoms with Crippen LogP contribution < -0.4 is 4.74 Å². The van der Waals surface area contributed by atoms with E-state index in [0.29, 0.717) is 0 Å². The predicted octanol–water partition coefficient (Wildman–Crippen LogP) is 12.6. The molecule has 2 heterocycles. The van der Waals surface area contributed by atoms with Crippen LogP contribution in [0.15, 0.2) is 188 Å². The highest BCUT2D eigenvalue weighted by Crippen LogP contribution is 2.62. The largest absolute Gasteiger partial charge is 0.457 e. The lowest BCUT2D eigenvalue weighted by Crippen LogP contribution is -2.32. The Morgan fingerprint density at radius 2 is 1.04 bits per heavy atom.